The van der Waals surface area contributed by atoms with E-state index >= 15 is 0 Å². The van der Waals surface area contributed by atoms with Gasteiger partial charge in [0.25, 0.3) is 11.5 Å². The van der Waals surface area contributed by atoms with Crippen molar-refractivity contribution in [1.82, 2.24) is 30.8 Å². The summed E-state index contributed by atoms with van der Waals surface area (Å²) < 4.78 is 18.2. The van der Waals surface area contributed by atoms with Crippen LogP contribution < -0.4 is 26.8 Å². The van der Waals surface area contributed by atoms with Crippen molar-refractivity contribution in [3.63, 3.8) is 0 Å². The van der Waals surface area contributed by atoms with Gasteiger partial charge in [0, 0.05) is 61.2 Å². The lowest BCUT2D eigenvalue weighted by Crippen LogP contribution is -2.52. The van der Waals surface area contributed by atoms with Crippen molar-refractivity contribution in [3.8, 4) is 17.1 Å². The van der Waals surface area contributed by atoms with E-state index in [0.717, 1.165) is 11.1 Å². The summed E-state index contributed by atoms with van der Waals surface area (Å²) in [6.45, 7) is 13.2. The summed E-state index contributed by atoms with van der Waals surface area (Å²) in [5.74, 6) is -7.16. The van der Waals surface area contributed by atoms with Crippen LogP contribution in [0.25, 0.3) is 22.3 Å². The third-order valence-electron chi connectivity index (χ3n) is 14.5. The van der Waals surface area contributed by atoms with Crippen LogP contribution in [0.5, 0.6) is 5.75 Å². The van der Waals surface area contributed by atoms with E-state index in [2.05, 4.69) is 21.3 Å². The fourth-order valence-electron chi connectivity index (χ4n) is 9.92. The number of nitrogens with one attached hydrogen (secondary N) is 4. The molecule has 5 rings (SSSR count). The quantitative estimate of drug-likeness (QED) is 0.0261. The third-order valence-corrected chi connectivity index (χ3v) is 14.5. The van der Waals surface area contributed by atoms with Gasteiger partial charge in [0.2, 0.25) is 23.3 Å². The van der Waals surface area contributed by atoms with E-state index in [-0.39, 0.29) is 118 Å². The number of aliphatic hydroxyl groups excluding tert-OH is 4. The summed E-state index contributed by atoms with van der Waals surface area (Å²) in [7, 11) is 0. The van der Waals surface area contributed by atoms with Crippen LogP contribution in [0.4, 0.5) is 0 Å². The first-order chi connectivity index (χ1) is 37.7. The third kappa shape index (κ3) is 15.3. The first kappa shape index (κ1) is 63.8. The molecule has 2 aliphatic rings. The molecule has 0 saturated carbocycles. The van der Waals surface area contributed by atoms with Crippen molar-refractivity contribution >= 4 is 63.8 Å². The largest absolute Gasteiger partial charge is 0.508 e. The maximum atomic E-state index is 14.2. The van der Waals surface area contributed by atoms with Crippen molar-refractivity contribution in [1.29, 1.82) is 0 Å². The van der Waals surface area contributed by atoms with Crippen LogP contribution in [0.1, 0.15) is 135 Å². The molecule has 9 N–H and O–H groups in total. The van der Waals surface area contributed by atoms with Gasteiger partial charge in [0.1, 0.15) is 42.5 Å². The number of phenols is 1. The van der Waals surface area contributed by atoms with Gasteiger partial charge in [0.05, 0.1) is 54.7 Å². The zero-order chi connectivity index (χ0) is 59.4. The van der Waals surface area contributed by atoms with Crippen molar-refractivity contribution in [2.24, 2.45) is 11.3 Å². The van der Waals surface area contributed by atoms with E-state index in [9.17, 15) is 73.5 Å². The van der Waals surface area contributed by atoms with Crippen molar-refractivity contribution in [3.05, 3.63) is 56.9 Å². The molecule has 0 bridgehead atoms. The monoisotopic (exact) mass is 1120 g/mol. The number of aromatic nitrogens is 2. The highest BCUT2D eigenvalue weighted by Crippen LogP contribution is 2.42. The molecule has 1 aromatic carbocycles. The fraction of sp³-hybridized carbons (Fsp3) is 0.589. The summed E-state index contributed by atoms with van der Waals surface area (Å²) in [4.78, 5) is 136. The highest BCUT2D eigenvalue weighted by atomic mass is 16.6. The molecule has 80 heavy (non-hydrogen) atoms. The average Bonchev–Trinajstić information content (AvgIpc) is 3.77. The van der Waals surface area contributed by atoms with Gasteiger partial charge in [-0.25, -0.2) is 14.6 Å². The number of hydrogen-bond donors (Lipinski definition) is 9. The molecule has 4 heterocycles. The first-order valence-corrected chi connectivity index (χ1v) is 27.0. The highest BCUT2D eigenvalue weighted by molar-refractivity contribution is 5.95. The van der Waals surface area contributed by atoms with E-state index in [4.69, 9.17) is 19.2 Å². The van der Waals surface area contributed by atoms with Gasteiger partial charge in [-0.05, 0) is 81.2 Å². The standard InChI is InChI=1S/C56H76N6O18/c1-9-32-33-24-31(64)16-17-38(33)61-45-34(32)27-62-40(45)25-37-35(52(62)75)28-79-54(77)56(37,11-3)80-53(76)30(5)59-44(68)26-39(60-43(67)19-23-78-22-18-29(4)63)41(65)14-12-21-58-51(74)49(72)48(71)47(70)46(69)42(66)15-13-20-57-50(73)36(10-2)55(6,7)8/h16-17,24-25,30,36,39,46-49,64,69-72H,9-15,18-23,26-28H2,1-8H3,(H,57,73)(H,58,74)(H,59,68)(H,60,67)/t30?,36?,39?,46-,47+,48+,49-,56+/m1/s1. The normalized spacial score (nSPS) is 17.2. The van der Waals surface area contributed by atoms with Gasteiger partial charge < -0.3 is 65.6 Å². The zero-order valence-corrected chi connectivity index (χ0v) is 46.6. The Morgan fingerprint density at radius 2 is 1.45 bits per heavy atom. The number of benzene rings is 1. The molecular formula is C56H76N6O18. The Balaban J connectivity index is 1.20. The lowest BCUT2D eigenvalue weighted by Gasteiger charge is -2.36. The second-order valence-electron chi connectivity index (χ2n) is 21.3. The van der Waals surface area contributed by atoms with Gasteiger partial charge in [-0.3, -0.25) is 38.4 Å². The summed E-state index contributed by atoms with van der Waals surface area (Å²) in [6, 6.07) is 3.33. The number of esters is 2. The predicted molar refractivity (Wildman–Crippen MR) is 286 cm³/mol. The maximum absolute atomic E-state index is 14.2. The van der Waals surface area contributed by atoms with Gasteiger partial charge in [-0.1, -0.05) is 41.5 Å². The minimum Gasteiger partial charge on any atom is -0.508 e. The molecular weight excluding hydrogens is 1040 g/mol. The number of cyclic esters (lactones) is 1. The summed E-state index contributed by atoms with van der Waals surface area (Å²) in [6.07, 6.45) is -9.85. The minimum absolute atomic E-state index is 0.0349. The number of fused-ring (bicyclic) bond motifs is 5. The molecule has 4 amide bonds. The number of aromatic hydroxyl groups is 1. The zero-order valence-electron chi connectivity index (χ0n) is 46.6. The van der Waals surface area contributed by atoms with Crippen LogP contribution in [-0.2, 0) is 82.5 Å². The highest BCUT2D eigenvalue weighted by Gasteiger charge is 2.51. The number of nitrogens with zero attached hydrogens (tertiary/aromatic N) is 2. The molecule has 3 unspecified atom stereocenters. The number of Topliss-reactive ketones (excluding diaryl/α,β-unsaturated/α-hetero) is 3. The molecule has 0 aliphatic carbocycles. The number of aryl methyl sites for hydroxylation is 1. The number of amides is 4. The number of pyridine rings is 2. The molecule has 0 spiro atoms. The number of carbonyl (C=O) groups excluding carboxylic acids is 9. The van der Waals surface area contributed by atoms with Gasteiger partial charge in [0.15, 0.2) is 17.7 Å². The van der Waals surface area contributed by atoms with E-state index < -0.39 is 102 Å². The predicted octanol–water partition coefficient (Wildman–Crippen LogP) is 1.11. The second-order valence-corrected chi connectivity index (χ2v) is 21.3. The number of carbonyl (C=O) groups is 9. The van der Waals surface area contributed by atoms with Crippen LogP contribution >= 0.6 is 0 Å². The molecule has 24 nitrogen and oxygen atoms in total. The second kappa shape index (κ2) is 27.9. The Morgan fingerprint density at radius 3 is 2.08 bits per heavy atom. The maximum Gasteiger partial charge on any atom is 0.355 e. The van der Waals surface area contributed by atoms with Crippen LogP contribution in [0.3, 0.4) is 0 Å². The molecule has 3 aromatic rings. The topological polar surface area (TPSA) is 365 Å². The smallest absolute Gasteiger partial charge is 0.355 e. The van der Waals surface area contributed by atoms with Gasteiger partial charge in [-0.2, -0.15) is 0 Å². The van der Waals surface area contributed by atoms with Gasteiger partial charge in [-0.15, -0.1) is 0 Å². The number of ketones is 3. The molecule has 438 valence electrons. The number of aliphatic hydroxyl groups is 4. The van der Waals surface area contributed by atoms with Crippen molar-refractivity contribution < 1.29 is 82.9 Å². The number of phenolic OH excluding ortho intramolecular Hbond substituents is 1. The number of hydrogen-bond acceptors (Lipinski definition) is 19. The molecule has 2 aliphatic heterocycles. The Morgan fingerprint density at radius 1 is 0.812 bits per heavy atom. The van der Waals surface area contributed by atoms with Crippen molar-refractivity contribution in [2.75, 3.05) is 26.3 Å². The van der Waals surface area contributed by atoms with Gasteiger partial charge >= 0.3 is 11.9 Å². The Hall–Kier alpha value is -6.99. The van der Waals surface area contributed by atoms with Crippen LogP contribution in [0, 0.1) is 11.3 Å². The molecule has 0 fully saturated rings. The molecule has 2 aromatic heterocycles. The fourth-order valence-corrected chi connectivity index (χ4v) is 9.92. The summed E-state index contributed by atoms with van der Waals surface area (Å²) >= 11 is 0. The van der Waals surface area contributed by atoms with Crippen LogP contribution in [0.2, 0.25) is 0 Å². The molecule has 8 atom stereocenters. The van der Waals surface area contributed by atoms with E-state index in [1.807, 2.05) is 34.6 Å². The minimum atomic E-state index is -2.34. The summed E-state index contributed by atoms with van der Waals surface area (Å²) in [5, 5.41) is 62.8. The van der Waals surface area contributed by atoms with Crippen LogP contribution in [0.15, 0.2) is 29.1 Å². The number of rotatable bonds is 30. The lowest BCUT2D eigenvalue weighted by molar-refractivity contribution is -0.190. The molecule has 0 saturated heterocycles. The Labute approximate surface area is 462 Å². The van der Waals surface area contributed by atoms with E-state index in [1.165, 1.54) is 24.5 Å². The van der Waals surface area contributed by atoms with Crippen molar-refractivity contribution in [2.45, 2.75) is 175 Å². The Bertz CT molecular complexity index is 2900. The Kier molecular flexibility index (Phi) is 22.3. The first-order valence-electron chi connectivity index (χ1n) is 27.0. The van der Waals surface area contributed by atoms with E-state index in [1.54, 1.807) is 25.1 Å². The lowest BCUT2D eigenvalue weighted by atomic mass is 9.78. The number of ether oxygens (including phenoxy) is 3. The molecule has 24 heteroatoms. The molecule has 0 radical (unpaired) electrons. The van der Waals surface area contributed by atoms with Crippen LogP contribution in [-0.4, -0.2) is 151 Å². The average molecular weight is 1120 g/mol. The SMILES string of the molecule is CCc1c2c(nc3ccc(O)cc13)-c1cc3c(c(=O)n1C2)COC(=O)[C@@]3(CC)OC(=O)C(C)NC(=O)CC(NC(=O)CCOCCC(C)=O)C(=O)CCCNC(=O)[C@H](O)[C@@H](O)[C@@H](O)[C@H](O)C(=O)CCCNC(=O)C(CC)C(C)(C)C. The van der Waals surface area contributed by atoms with E-state index in [0.29, 0.717) is 35.1 Å². The summed E-state index contributed by atoms with van der Waals surface area (Å²) in [5.41, 5.74) is 0.222.